The summed E-state index contributed by atoms with van der Waals surface area (Å²) < 4.78 is 0. The zero-order valence-corrected chi connectivity index (χ0v) is 15.1. The lowest BCUT2D eigenvalue weighted by molar-refractivity contribution is 0.104. The molecule has 1 aromatic carbocycles. The summed E-state index contributed by atoms with van der Waals surface area (Å²) >= 11 is 24.9. The van der Waals surface area contributed by atoms with Gasteiger partial charge in [0.2, 0.25) is 0 Å². The fourth-order valence-corrected chi connectivity index (χ4v) is 3.38. The molecule has 114 valence electrons. The van der Waals surface area contributed by atoms with Gasteiger partial charge in [-0.3, -0.25) is 4.79 Å². The van der Waals surface area contributed by atoms with E-state index in [2.05, 4.69) is 4.98 Å². The fourth-order valence-electron chi connectivity index (χ4n) is 1.55. The van der Waals surface area contributed by atoms with Crippen molar-refractivity contribution in [2.24, 2.45) is 0 Å². The van der Waals surface area contributed by atoms with E-state index in [1.165, 1.54) is 6.08 Å². The predicted octanol–water partition coefficient (Wildman–Crippen LogP) is 6.49. The van der Waals surface area contributed by atoms with Crippen LogP contribution in [-0.2, 0) is 0 Å². The SMILES string of the molecule is Cc1ccc(C(=O)/C=C/Sc2c(Cl)c(Cl)nc(Cl)c2Cl)cc1. The van der Waals surface area contributed by atoms with E-state index in [4.69, 9.17) is 46.4 Å². The topological polar surface area (TPSA) is 30.0 Å². The zero-order valence-electron chi connectivity index (χ0n) is 11.2. The first-order valence-electron chi connectivity index (χ1n) is 6.04. The van der Waals surface area contributed by atoms with E-state index in [1.54, 1.807) is 17.5 Å². The molecule has 0 saturated heterocycles. The Morgan fingerprint density at radius 3 is 2.14 bits per heavy atom. The first-order valence-corrected chi connectivity index (χ1v) is 8.43. The number of halogens is 4. The Hall–Kier alpha value is -0.710. The smallest absolute Gasteiger partial charge is 0.186 e. The van der Waals surface area contributed by atoms with Gasteiger partial charge in [0.1, 0.15) is 0 Å². The van der Waals surface area contributed by atoms with Gasteiger partial charge in [-0.1, -0.05) is 88.0 Å². The van der Waals surface area contributed by atoms with E-state index >= 15 is 0 Å². The van der Waals surface area contributed by atoms with E-state index < -0.39 is 0 Å². The van der Waals surface area contributed by atoms with Gasteiger partial charge in [-0.2, -0.15) is 0 Å². The van der Waals surface area contributed by atoms with E-state index in [0.717, 1.165) is 17.3 Å². The number of pyridine rings is 1. The van der Waals surface area contributed by atoms with E-state index in [0.29, 0.717) is 10.5 Å². The van der Waals surface area contributed by atoms with Crippen molar-refractivity contribution in [2.75, 3.05) is 0 Å². The molecule has 0 fully saturated rings. The minimum absolute atomic E-state index is 0.0665. The Morgan fingerprint density at radius 1 is 1.05 bits per heavy atom. The van der Waals surface area contributed by atoms with Crippen LogP contribution in [0.4, 0.5) is 0 Å². The molecular formula is C15H9Cl4NOS. The van der Waals surface area contributed by atoms with Gasteiger partial charge in [-0.15, -0.1) is 0 Å². The molecule has 0 amide bonds. The van der Waals surface area contributed by atoms with Crippen LogP contribution in [0.2, 0.25) is 20.4 Å². The first kappa shape index (κ1) is 17.6. The molecule has 0 N–H and O–H groups in total. The molecule has 0 bridgehead atoms. The number of rotatable bonds is 4. The summed E-state index contributed by atoms with van der Waals surface area (Å²) in [6.07, 6.45) is 1.43. The Morgan fingerprint density at radius 2 is 1.59 bits per heavy atom. The lowest BCUT2D eigenvalue weighted by Crippen LogP contribution is -1.93. The monoisotopic (exact) mass is 391 g/mol. The number of hydrogen-bond acceptors (Lipinski definition) is 3. The molecule has 7 heteroatoms. The molecule has 0 aliphatic heterocycles. The highest BCUT2D eigenvalue weighted by molar-refractivity contribution is 8.02. The van der Waals surface area contributed by atoms with E-state index in [-0.39, 0.29) is 26.1 Å². The van der Waals surface area contributed by atoms with Crippen LogP contribution in [0, 0.1) is 6.92 Å². The van der Waals surface area contributed by atoms with Crippen LogP contribution in [0.1, 0.15) is 15.9 Å². The molecular weight excluding hydrogens is 384 g/mol. The number of hydrogen-bond donors (Lipinski definition) is 0. The third-order valence-electron chi connectivity index (χ3n) is 2.70. The predicted molar refractivity (Wildman–Crippen MR) is 94.8 cm³/mol. The molecule has 0 aliphatic rings. The summed E-state index contributed by atoms with van der Waals surface area (Å²) in [7, 11) is 0. The lowest BCUT2D eigenvalue weighted by Gasteiger charge is -2.06. The molecule has 2 nitrogen and oxygen atoms in total. The van der Waals surface area contributed by atoms with Crippen LogP contribution in [0.5, 0.6) is 0 Å². The maximum atomic E-state index is 12.0. The van der Waals surface area contributed by atoms with Gasteiger partial charge in [0.05, 0.1) is 14.9 Å². The summed E-state index contributed by atoms with van der Waals surface area (Å²) in [6.45, 7) is 1.96. The highest BCUT2D eigenvalue weighted by Crippen LogP contribution is 2.41. The second-order valence-corrected chi connectivity index (χ2v) is 6.69. The van der Waals surface area contributed by atoms with Crippen molar-refractivity contribution >= 4 is 63.9 Å². The van der Waals surface area contributed by atoms with Crippen LogP contribution >= 0.6 is 58.2 Å². The van der Waals surface area contributed by atoms with Crippen molar-refractivity contribution in [3.63, 3.8) is 0 Å². The standard InChI is InChI=1S/C15H9Cl4NOS/c1-8-2-4-9(5-3-8)10(21)6-7-22-13-11(16)14(18)20-15(19)12(13)17/h2-7H,1H3/b7-6+. The Labute approximate surface area is 152 Å². The average molecular weight is 393 g/mol. The highest BCUT2D eigenvalue weighted by atomic mass is 35.5. The van der Waals surface area contributed by atoms with Crippen molar-refractivity contribution in [1.82, 2.24) is 4.98 Å². The first-order chi connectivity index (χ1) is 10.4. The van der Waals surface area contributed by atoms with Gasteiger partial charge in [-0.05, 0) is 18.4 Å². The third kappa shape index (κ3) is 4.18. The Balaban J connectivity index is 2.16. The number of carbonyl (C=O) groups is 1. The number of nitrogens with zero attached hydrogens (tertiary/aromatic N) is 1. The molecule has 0 radical (unpaired) electrons. The van der Waals surface area contributed by atoms with Gasteiger partial charge in [0, 0.05) is 5.56 Å². The molecule has 1 aromatic heterocycles. The zero-order chi connectivity index (χ0) is 16.3. The summed E-state index contributed by atoms with van der Waals surface area (Å²) in [4.78, 5) is 16.3. The molecule has 0 saturated carbocycles. The van der Waals surface area contributed by atoms with Gasteiger partial charge in [-0.25, -0.2) is 4.98 Å². The highest BCUT2D eigenvalue weighted by Gasteiger charge is 2.15. The van der Waals surface area contributed by atoms with Crippen LogP contribution in [0.3, 0.4) is 0 Å². The van der Waals surface area contributed by atoms with Crippen molar-refractivity contribution in [1.29, 1.82) is 0 Å². The fraction of sp³-hybridized carbons (Fsp3) is 0.0667. The third-order valence-corrected chi connectivity index (χ3v) is 5.32. The molecule has 2 aromatic rings. The Kier molecular flexibility index (Phi) is 6.18. The minimum Gasteiger partial charge on any atom is -0.289 e. The van der Waals surface area contributed by atoms with Crippen molar-refractivity contribution in [2.45, 2.75) is 11.8 Å². The lowest BCUT2D eigenvalue weighted by atomic mass is 10.1. The molecule has 0 aliphatic carbocycles. The van der Waals surface area contributed by atoms with Crippen molar-refractivity contribution in [3.8, 4) is 0 Å². The second kappa shape index (κ2) is 7.71. The van der Waals surface area contributed by atoms with Crippen LogP contribution in [0.15, 0.2) is 40.6 Å². The number of ketones is 1. The van der Waals surface area contributed by atoms with Gasteiger partial charge in [0.25, 0.3) is 0 Å². The molecule has 0 atom stereocenters. The van der Waals surface area contributed by atoms with Gasteiger partial charge in [0.15, 0.2) is 16.1 Å². The van der Waals surface area contributed by atoms with Crippen molar-refractivity contribution in [3.05, 3.63) is 67.2 Å². The number of aromatic nitrogens is 1. The maximum absolute atomic E-state index is 12.0. The number of thioether (sulfide) groups is 1. The second-order valence-electron chi connectivity index (χ2n) is 4.30. The summed E-state index contributed by atoms with van der Waals surface area (Å²) in [5, 5.41) is 2.12. The largest absolute Gasteiger partial charge is 0.289 e. The van der Waals surface area contributed by atoms with Gasteiger partial charge < -0.3 is 0 Å². The van der Waals surface area contributed by atoms with Gasteiger partial charge >= 0.3 is 0 Å². The molecule has 22 heavy (non-hydrogen) atoms. The molecule has 1 heterocycles. The Bertz CT molecular complexity index is 718. The van der Waals surface area contributed by atoms with Crippen LogP contribution < -0.4 is 0 Å². The number of carbonyl (C=O) groups excluding carboxylic acids is 1. The van der Waals surface area contributed by atoms with E-state index in [9.17, 15) is 4.79 Å². The summed E-state index contributed by atoms with van der Waals surface area (Å²) in [5.41, 5.74) is 1.69. The normalized spacial score (nSPS) is 11.1. The molecule has 0 spiro atoms. The van der Waals surface area contributed by atoms with Crippen molar-refractivity contribution < 1.29 is 4.79 Å². The molecule has 2 rings (SSSR count). The molecule has 0 unspecified atom stereocenters. The van der Waals surface area contributed by atoms with Crippen LogP contribution in [-0.4, -0.2) is 10.8 Å². The minimum atomic E-state index is -0.119. The number of benzene rings is 1. The average Bonchev–Trinajstić information content (AvgIpc) is 2.49. The van der Waals surface area contributed by atoms with Crippen LogP contribution in [0.25, 0.3) is 0 Å². The summed E-state index contributed by atoms with van der Waals surface area (Å²) in [6, 6.07) is 7.30. The summed E-state index contributed by atoms with van der Waals surface area (Å²) in [5.74, 6) is -0.119. The number of aryl methyl sites for hydroxylation is 1. The maximum Gasteiger partial charge on any atom is 0.186 e. The number of allylic oxidation sites excluding steroid dienone is 1. The quantitative estimate of drug-likeness (QED) is 0.257. The van der Waals surface area contributed by atoms with E-state index in [1.807, 2.05) is 19.1 Å².